The molecule has 0 bridgehead atoms. The summed E-state index contributed by atoms with van der Waals surface area (Å²) in [6.07, 6.45) is 4.08. The van der Waals surface area contributed by atoms with Gasteiger partial charge in [-0.2, -0.15) is 0 Å². The van der Waals surface area contributed by atoms with Crippen molar-refractivity contribution in [2.75, 3.05) is 6.54 Å². The molecular weight excluding hydrogens is 182 g/mol. The Morgan fingerprint density at radius 3 is 3.15 bits per heavy atom. The summed E-state index contributed by atoms with van der Waals surface area (Å²) in [6, 6.07) is 0. The van der Waals surface area contributed by atoms with Crippen molar-refractivity contribution >= 4 is 16.3 Å². The first-order valence-corrected chi connectivity index (χ1v) is 5.32. The van der Waals surface area contributed by atoms with E-state index < -0.39 is 0 Å². The monoisotopic (exact) mass is 195 g/mol. The molecule has 0 saturated carbocycles. The lowest BCUT2D eigenvalue weighted by Gasteiger charge is -1.95. The number of nitrogens with two attached hydrogens (primary N) is 1. The average Bonchev–Trinajstić information content (AvgIpc) is 2.67. The molecule has 0 aromatic carbocycles. The van der Waals surface area contributed by atoms with Gasteiger partial charge in [0.25, 0.3) is 0 Å². The summed E-state index contributed by atoms with van der Waals surface area (Å²) in [5.74, 6) is 0. The van der Waals surface area contributed by atoms with Gasteiger partial charge < -0.3 is 5.73 Å². The van der Waals surface area contributed by atoms with E-state index in [2.05, 4.69) is 27.9 Å². The van der Waals surface area contributed by atoms with E-state index in [0.29, 0.717) is 0 Å². The number of aromatic nitrogens is 2. The fourth-order valence-electron chi connectivity index (χ4n) is 1.45. The molecule has 2 rings (SSSR count). The van der Waals surface area contributed by atoms with E-state index in [1.807, 2.05) is 0 Å². The van der Waals surface area contributed by atoms with Crippen LogP contribution in [-0.2, 0) is 6.42 Å². The summed E-state index contributed by atoms with van der Waals surface area (Å²) in [6.45, 7) is 2.85. The molecule has 2 N–H and O–H groups in total. The van der Waals surface area contributed by atoms with Crippen molar-refractivity contribution in [2.24, 2.45) is 5.73 Å². The molecular formula is C9H13N3S. The first-order valence-electron chi connectivity index (χ1n) is 4.44. The van der Waals surface area contributed by atoms with Gasteiger partial charge in [0.05, 0.1) is 5.69 Å². The number of nitrogens with zero attached hydrogens (tertiary/aromatic N) is 2. The lowest BCUT2D eigenvalue weighted by atomic mass is 10.2. The molecule has 0 aliphatic rings. The van der Waals surface area contributed by atoms with Crippen LogP contribution in [0.3, 0.4) is 0 Å². The van der Waals surface area contributed by atoms with Crippen LogP contribution in [0.25, 0.3) is 4.96 Å². The highest BCUT2D eigenvalue weighted by atomic mass is 32.1. The van der Waals surface area contributed by atoms with Gasteiger partial charge >= 0.3 is 0 Å². The van der Waals surface area contributed by atoms with Crippen molar-refractivity contribution < 1.29 is 0 Å². The third-order valence-corrected chi connectivity index (χ3v) is 2.97. The molecule has 13 heavy (non-hydrogen) atoms. The van der Waals surface area contributed by atoms with E-state index in [9.17, 15) is 0 Å². The summed E-state index contributed by atoms with van der Waals surface area (Å²) in [5.41, 5.74) is 7.91. The van der Waals surface area contributed by atoms with E-state index >= 15 is 0 Å². The first kappa shape index (κ1) is 8.72. The molecule has 3 nitrogen and oxygen atoms in total. The number of thiazole rings is 1. The van der Waals surface area contributed by atoms with Gasteiger partial charge in [-0.05, 0) is 26.3 Å². The van der Waals surface area contributed by atoms with E-state index in [4.69, 9.17) is 5.73 Å². The normalized spacial score (nSPS) is 11.2. The molecule has 0 radical (unpaired) electrons. The minimum absolute atomic E-state index is 0.741. The van der Waals surface area contributed by atoms with Crippen LogP contribution < -0.4 is 5.73 Å². The third-order valence-electron chi connectivity index (χ3n) is 2.22. The van der Waals surface area contributed by atoms with Crippen LogP contribution in [0.1, 0.15) is 17.8 Å². The van der Waals surface area contributed by atoms with E-state index in [1.54, 1.807) is 11.3 Å². The van der Waals surface area contributed by atoms with E-state index in [1.165, 1.54) is 11.4 Å². The van der Waals surface area contributed by atoms with Gasteiger partial charge in [0, 0.05) is 17.3 Å². The van der Waals surface area contributed by atoms with Gasteiger partial charge in [0.2, 0.25) is 0 Å². The SMILES string of the molecule is Cc1c(CCCN)nc2sccn12. The van der Waals surface area contributed by atoms with Crippen LogP contribution in [0, 0.1) is 6.92 Å². The summed E-state index contributed by atoms with van der Waals surface area (Å²) < 4.78 is 2.14. The molecule has 0 atom stereocenters. The van der Waals surface area contributed by atoms with Crippen molar-refractivity contribution in [1.82, 2.24) is 9.38 Å². The summed E-state index contributed by atoms with van der Waals surface area (Å²) in [7, 11) is 0. The second-order valence-electron chi connectivity index (χ2n) is 3.09. The van der Waals surface area contributed by atoms with E-state index in [-0.39, 0.29) is 0 Å². The Balaban J connectivity index is 2.34. The lowest BCUT2D eigenvalue weighted by molar-refractivity contribution is 0.809. The van der Waals surface area contributed by atoms with Crippen LogP contribution in [0.2, 0.25) is 0 Å². The van der Waals surface area contributed by atoms with Crippen molar-refractivity contribution in [2.45, 2.75) is 19.8 Å². The Kier molecular flexibility index (Phi) is 2.33. The largest absolute Gasteiger partial charge is 0.330 e. The van der Waals surface area contributed by atoms with Crippen molar-refractivity contribution in [3.8, 4) is 0 Å². The highest BCUT2D eigenvalue weighted by Gasteiger charge is 2.07. The lowest BCUT2D eigenvalue weighted by Crippen LogP contribution is -2.01. The molecule has 70 valence electrons. The molecule has 0 saturated heterocycles. The molecule has 0 fully saturated rings. The Morgan fingerprint density at radius 2 is 2.46 bits per heavy atom. The third kappa shape index (κ3) is 1.47. The standard InChI is InChI=1S/C9H13N3S/c1-7-8(3-2-4-10)11-9-12(7)5-6-13-9/h5-6H,2-4,10H2,1H3. The highest BCUT2D eigenvalue weighted by Crippen LogP contribution is 2.17. The van der Waals surface area contributed by atoms with Crippen LogP contribution in [0.15, 0.2) is 11.6 Å². The Morgan fingerprint density at radius 1 is 1.62 bits per heavy atom. The van der Waals surface area contributed by atoms with Crippen LogP contribution in [0.5, 0.6) is 0 Å². The summed E-state index contributed by atoms with van der Waals surface area (Å²) in [5, 5.41) is 2.06. The molecule has 4 heteroatoms. The number of aryl methyl sites for hydroxylation is 2. The maximum absolute atomic E-state index is 5.46. The predicted octanol–water partition coefficient (Wildman–Crippen LogP) is 1.60. The minimum atomic E-state index is 0.741. The van der Waals surface area contributed by atoms with Crippen molar-refractivity contribution in [3.63, 3.8) is 0 Å². The number of hydrogen-bond acceptors (Lipinski definition) is 3. The van der Waals surface area contributed by atoms with Crippen molar-refractivity contribution in [1.29, 1.82) is 0 Å². The van der Waals surface area contributed by atoms with Gasteiger partial charge in [0.1, 0.15) is 0 Å². The van der Waals surface area contributed by atoms with Gasteiger partial charge in [-0.1, -0.05) is 0 Å². The molecule has 2 aromatic heterocycles. The number of rotatable bonds is 3. The predicted molar refractivity (Wildman–Crippen MR) is 55.2 cm³/mol. The molecule has 0 unspecified atom stereocenters. The summed E-state index contributed by atoms with van der Waals surface area (Å²) >= 11 is 1.68. The highest BCUT2D eigenvalue weighted by molar-refractivity contribution is 7.15. The molecule has 0 amide bonds. The van der Waals surface area contributed by atoms with Crippen LogP contribution in [-0.4, -0.2) is 15.9 Å². The van der Waals surface area contributed by atoms with Crippen LogP contribution in [0.4, 0.5) is 0 Å². The maximum Gasteiger partial charge on any atom is 0.194 e. The zero-order chi connectivity index (χ0) is 9.26. The zero-order valence-corrected chi connectivity index (χ0v) is 8.47. The summed E-state index contributed by atoms with van der Waals surface area (Å²) in [4.78, 5) is 5.62. The average molecular weight is 195 g/mol. The van der Waals surface area contributed by atoms with Crippen molar-refractivity contribution in [3.05, 3.63) is 23.0 Å². The molecule has 2 heterocycles. The van der Waals surface area contributed by atoms with Crippen LogP contribution >= 0.6 is 11.3 Å². The van der Waals surface area contributed by atoms with Gasteiger partial charge in [-0.15, -0.1) is 11.3 Å². The molecule has 0 spiro atoms. The van der Waals surface area contributed by atoms with Gasteiger partial charge in [-0.3, -0.25) is 4.40 Å². The number of imidazole rings is 1. The second kappa shape index (κ2) is 3.47. The number of hydrogen-bond donors (Lipinski definition) is 1. The Bertz CT molecular complexity index is 402. The molecule has 2 aromatic rings. The number of fused-ring (bicyclic) bond motifs is 1. The topological polar surface area (TPSA) is 43.3 Å². The Hall–Kier alpha value is -0.870. The smallest absolute Gasteiger partial charge is 0.194 e. The quantitative estimate of drug-likeness (QED) is 0.808. The fourth-order valence-corrected chi connectivity index (χ4v) is 2.23. The fraction of sp³-hybridized carbons (Fsp3) is 0.444. The first-order chi connectivity index (χ1) is 6.33. The maximum atomic E-state index is 5.46. The van der Waals surface area contributed by atoms with E-state index in [0.717, 1.165) is 24.3 Å². The second-order valence-corrected chi connectivity index (χ2v) is 3.96. The van der Waals surface area contributed by atoms with Gasteiger partial charge in [0.15, 0.2) is 4.96 Å². The van der Waals surface area contributed by atoms with Gasteiger partial charge in [-0.25, -0.2) is 4.98 Å². The zero-order valence-electron chi connectivity index (χ0n) is 7.66. The molecule has 0 aliphatic heterocycles. The molecule has 0 aliphatic carbocycles. The minimum Gasteiger partial charge on any atom is -0.330 e. The Labute approximate surface area is 81.2 Å².